The Balaban J connectivity index is 2.86. The Hall–Kier alpha value is -1.51. The minimum atomic E-state index is -0.236. The number of nitrogens with one attached hydrogen (secondary N) is 1. The van der Waals surface area contributed by atoms with Gasteiger partial charge in [-0.2, -0.15) is 0 Å². The van der Waals surface area contributed by atoms with E-state index in [0.29, 0.717) is 11.1 Å². The first-order chi connectivity index (χ1) is 5.27. The summed E-state index contributed by atoms with van der Waals surface area (Å²) in [5, 5.41) is 0.583. The molecule has 0 aliphatic heterocycles. The van der Waals surface area contributed by atoms with E-state index in [1.807, 2.05) is 0 Å². The molecule has 0 radical (unpaired) electrons. The van der Waals surface area contributed by atoms with Crippen molar-refractivity contribution >= 4 is 16.6 Å². The molecule has 0 aliphatic rings. The van der Waals surface area contributed by atoms with Crippen molar-refractivity contribution < 1.29 is 4.39 Å². The standard InChI is InChI=1S/C8H7FN2/c9-7-4-11-8-3-5(10)1-2-6(7)8/h1-4,11H,10H2. The van der Waals surface area contributed by atoms with E-state index in [9.17, 15) is 4.39 Å². The molecule has 2 nitrogen and oxygen atoms in total. The van der Waals surface area contributed by atoms with Gasteiger partial charge in [-0.15, -0.1) is 0 Å². The third kappa shape index (κ3) is 0.852. The van der Waals surface area contributed by atoms with Gasteiger partial charge in [-0.05, 0) is 18.2 Å². The molecule has 0 spiro atoms. The van der Waals surface area contributed by atoms with Crippen LogP contribution >= 0.6 is 0 Å². The highest BCUT2D eigenvalue weighted by Gasteiger charge is 2.00. The largest absolute Gasteiger partial charge is 0.399 e. The van der Waals surface area contributed by atoms with Gasteiger partial charge in [0.1, 0.15) is 5.82 Å². The quantitative estimate of drug-likeness (QED) is 0.553. The van der Waals surface area contributed by atoms with Gasteiger partial charge in [-0.1, -0.05) is 0 Å². The number of halogens is 1. The lowest BCUT2D eigenvalue weighted by atomic mass is 10.2. The maximum atomic E-state index is 12.8. The molecule has 0 amide bonds. The van der Waals surface area contributed by atoms with E-state index in [1.54, 1.807) is 18.2 Å². The number of rotatable bonds is 0. The van der Waals surface area contributed by atoms with Crippen LogP contribution in [0.4, 0.5) is 10.1 Å². The minimum absolute atomic E-state index is 0.236. The second-order valence-corrected chi connectivity index (χ2v) is 2.44. The molecule has 1 aromatic heterocycles. The van der Waals surface area contributed by atoms with Gasteiger partial charge in [0.05, 0.1) is 5.52 Å². The van der Waals surface area contributed by atoms with Gasteiger partial charge in [-0.25, -0.2) is 4.39 Å². The van der Waals surface area contributed by atoms with Crippen LogP contribution in [0.2, 0.25) is 0 Å². The number of fused-ring (bicyclic) bond motifs is 1. The van der Waals surface area contributed by atoms with Crippen LogP contribution in [0.3, 0.4) is 0 Å². The topological polar surface area (TPSA) is 41.8 Å². The van der Waals surface area contributed by atoms with Gasteiger partial charge in [-0.3, -0.25) is 0 Å². The molecule has 11 heavy (non-hydrogen) atoms. The van der Waals surface area contributed by atoms with E-state index >= 15 is 0 Å². The van der Waals surface area contributed by atoms with Crippen molar-refractivity contribution in [1.82, 2.24) is 4.98 Å². The Morgan fingerprint density at radius 3 is 3.00 bits per heavy atom. The third-order valence-corrected chi connectivity index (χ3v) is 1.66. The first kappa shape index (κ1) is 6.22. The summed E-state index contributed by atoms with van der Waals surface area (Å²) in [4.78, 5) is 2.77. The Kier molecular flexibility index (Phi) is 1.12. The lowest BCUT2D eigenvalue weighted by molar-refractivity contribution is 0.639. The monoisotopic (exact) mass is 150 g/mol. The van der Waals surface area contributed by atoms with Gasteiger partial charge < -0.3 is 10.7 Å². The lowest BCUT2D eigenvalue weighted by Gasteiger charge is -1.91. The number of hydrogen-bond donors (Lipinski definition) is 2. The molecule has 0 aliphatic carbocycles. The Morgan fingerprint density at radius 1 is 1.36 bits per heavy atom. The fourth-order valence-corrected chi connectivity index (χ4v) is 1.11. The van der Waals surface area contributed by atoms with Crippen molar-refractivity contribution in [2.24, 2.45) is 0 Å². The molecule has 0 unspecified atom stereocenters. The number of anilines is 1. The summed E-state index contributed by atoms with van der Waals surface area (Å²) in [6.45, 7) is 0. The number of aromatic nitrogens is 1. The van der Waals surface area contributed by atoms with Crippen LogP contribution < -0.4 is 5.73 Å². The van der Waals surface area contributed by atoms with Gasteiger partial charge in [0.2, 0.25) is 0 Å². The molecule has 2 rings (SSSR count). The number of nitrogen functional groups attached to an aromatic ring is 1. The third-order valence-electron chi connectivity index (χ3n) is 1.66. The van der Waals surface area contributed by atoms with Crippen LogP contribution in [0.25, 0.3) is 10.9 Å². The highest BCUT2D eigenvalue weighted by Crippen LogP contribution is 2.18. The van der Waals surface area contributed by atoms with Crippen LogP contribution in [-0.4, -0.2) is 4.98 Å². The predicted octanol–water partition coefficient (Wildman–Crippen LogP) is 1.89. The molecule has 3 heteroatoms. The summed E-state index contributed by atoms with van der Waals surface area (Å²) < 4.78 is 12.8. The predicted molar refractivity (Wildman–Crippen MR) is 42.7 cm³/mol. The maximum absolute atomic E-state index is 12.8. The highest BCUT2D eigenvalue weighted by atomic mass is 19.1. The highest BCUT2D eigenvalue weighted by molar-refractivity contribution is 5.82. The van der Waals surface area contributed by atoms with Crippen molar-refractivity contribution in [2.75, 3.05) is 5.73 Å². The zero-order valence-electron chi connectivity index (χ0n) is 5.76. The number of H-pyrrole nitrogens is 1. The molecule has 0 saturated carbocycles. The van der Waals surface area contributed by atoms with Crippen LogP contribution in [-0.2, 0) is 0 Å². The molecule has 1 aromatic carbocycles. The van der Waals surface area contributed by atoms with Crippen molar-refractivity contribution in [3.8, 4) is 0 Å². The molecule has 1 heterocycles. The zero-order valence-corrected chi connectivity index (χ0v) is 5.76. The van der Waals surface area contributed by atoms with Crippen molar-refractivity contribution in [2.45, 2.75) is 0 Å². The smallest absolute Gasteiger partial charge is 0.148 e. The second-order valence-electron chi connectivity index (χ2n) is 2.44. The fraction of sp³-hybridized carbons (Fsp3) is 0. The van der Waals surface area contributed by atoms with Crippen molar-refractivity contribution in [3.05, 3.63) is 30.2 Å². The summed E-state index contributed by atoms with van der Waals surface area (Å²) in [7, 11) is 0. The van der Waals surface area contributed by atoms with Gasteiger partial charge in [0.15, 0.2) is 0 Å². The number of benzene rings is 1. The van der Waals surface area contributed by atoms with Gasteiger partial charge >= 0.3 is 0 Å². The average molecular weight is 150 g/mol. The van der Waals surface area contributed by atoms with Crippen LogP contribution in [0, 0.1) is 5.82 Å². The molecule has 0 bridgehead atoms. The molecule has 3 N–H and O–H groups in total. The summed E-state index contributed by atoms with van der Waals surface area (Å²) in [5.74, 6) is -0.236. The Bertz CT molecular complexity index is 392. The average Bonchev–Trinajstić information content (AvgIpc) is 2.32. The van der Waals surface area contributed by atoms with Crippen LogP contribution in [0.5, 0.6) is 0 Å². The van der Waals surface area contributed by atoms with E-state index in [2.05, 4.69) is 4.98 Å². The zero-order chi connectivity index (χ0) is 7.84. The van der Waals surface area contributed by atoms with Crippen molar-refractivity contribution in [3.63, 3.8) is 0 Å². The maximum Gasteiger partial charge on any atom is 0.148 e. The molecule has 0 atom stereocenters. The van der Waals surface area contributed by atoms with E-state index in [0.717, 1.165) is 5.52 Å². The van der Waals surface area contributed by atoms with Crippen LogP contribution in [0.15, 0.2) is 24.4 Å². The molecular formula is C8H7FN2. The minimum Gasteiger partial charge on any atom is -0.399 e. The number of hydrogen-bond acceptors (Lipinski definition) is 1. The lowest BCUT2D eigenvalue weighted by Crippen LogP contribution is -1.82. The Labute approximate surface area is 62.8 Å². The molecule has 0 saturated heterocycles. The van der Waals surface area contributed by atoms with E-state index in [-0.39, 0.29) is 5.82 Å². The summed E-state index contributed by atoms with van der Waals surface area (Å²) in [6.07, 6.45) is 1.32. The molecule has 0 fully saturated rings. The molecule has 56 valence electrons. The normalized spacial score (nSPS) is 10.6. The van der Waals surface area contributed by atoms with Crippen molar-refractivity contribution in [1.29, 1.82) is 0 Å². The Morgan fingerprint density at radius 2 is 2.18 bits per heavy atom. The van der Waals surface area contributed by atoms with E-state index in [4.69, 9.17) is 5.73 Å². The summed E-state index contributed by atoms with van der Waals surface area (Å²) >= 11 is 0. The van der Waals surface area contributed by atoms with Crippen LogP contribution in [0.1, 0.15) is 0 Å². The number of aromatic amines is 1. The SMILES string of the molecule is Nc1ccc2c(F)c[nH]c2c1. The van der Waals surface area contributed by atoms with Gasteiger partial charge in [0, 0.05) is 17.3 Å². The second kappa shape index (κ2) is 1.99. The fourth-order valence-electron chi connectivity index (χ4n) is 1.11. The summed E-state index contributed by atoms with van der Waals surface area (Å²) in [6, 6.07) is 5.05. The summed E-state index contributed by atoms with van der Waals surface area (Å²) in [5.41, 5.74) is 6.87. The molecular weight excluding hydrogens is 143 g/mol. The number of nitrogens with two attached hydrogens (primary N) is 1. The first-order valence-electron chi connectivity index (χ1n) is 3.29. The van der Waals surface area contributed by atoms with Gasteiger partial charge in [0.25, 0.3) is 0 Å². The van der Waals surface area contributed by atoms with E-state index < -0.39 is 0 Å². The van der Waals surface area contributed by atoms with E-state index in [1.165, 1.54) is 6.20 Å². The molecule has 2 aromatic rings. The first-order valence-corrected chi connectivity index (χ1v) is 3.29.